The Morgan fingerprint density at radius 3 is 2.56 bits per heavy atom. The van der Waals surface area contributed by atoms with Crippen LogP contribution in [0.2, 0.25) is 0 Å². The maximum atomic E-state index is 5.85. The van der Waals surface area contributed by atoms with Gasteiger partial charge < -0.3 is 5.73 Å². The second-order valence-electron chi connectivity index (χ2n) is 5.02. The number of aromatic nitrogens is 3. The molecule has 0 saturated carbocycles. The van der Waals surface area contributed by atoms with Crippen LogP contribution in [0.3, 0.4) is 0 Å². The number of H-pyrrole nitrogens is 1. The van der Waals surface area contributed by atoms with Crippen molar-refractivity contribution in [3.8, 4) is 0 Å². The highest BCUT2D eigenvalue weighted by Crippen LogP contribution is 2.24. The van der Waals surface area contributed by atoms with Gasteiger partial charge in [0, 0.05) is 5.54 Å². The third kappa shape index (κ3) is 2.61. The van der Waals surface area contributed by atoms with Crippen molar-refractivity contribution in [2.45, 2.75) is 32.2 Å². The van der Waals surface area contributed by atoms with Crippen LogP contribution >= 0.6 is 12.2 Å². The van der Waals surface area contributed by atoms with E-state index in [1.165, 1.54) is 5.56 Å². The van der Waals surface area contributed by atoms with E-state index in [0.29, 0.717) is 10.7 Å². The maximum Gasteiger partial charge on any atom is 0.220 e. The SMILES string of the molecule is CC(C)(CCc1ccccc1)n1c(N)n[nH]c1=S. The van der Waals surface area contributed by atoms with Gasteiger partial charge in [-0.1, -0.05) is 30.3 Å². The van der Waals surface area contributed by atoms with E-state index in [-0.39, 0.29) is 5.54 Å². The van der Waals surface area contributed by atoms with Gasteiger partial charge in [-0.25, -0.2) is 5.10 Å². The third-order valence-corrected chi connectivity index (χ3v) is 3.45. The third-order valence-electron chi connectivity index (χ3n) is 3.17. The minimum absolute atomic E-state index is 0.149. The molecule has 0 aliphatic heterocycles. The first-order valence-corrected chi connectivity index (χ1v) is 6.39. The Labute approximate surface area is 112 Å². The van der Waals surface area contributed by atoms with Gasteiger partial charge in [0.1, 0.15) is 0 Å². The second kappa shape index (κ2) is 4.94. The molecule has 0 aliphatic rings. The highest BCUT2D eigenvalue weighted by Gasteiger charge is 2.23. The smallest absolute Gasteiger partial charge is 0.220 e. The van der Waals surface area contributed by atoms with Crippen molar-refractivity contribution in [3.05, 3.63) is 40.7 Å². The molecule has 5 heteroatoms. The summed E-state index contributed by atoms with van der Waals surface area (Å²) in [5.74, 6) is 0.443. The molecule has 4 nitrogen and oxygen atoms in total. The number of nitrogens with two attached hydrogens (primary N) is 1. The zero-order chi connectivity index (χ0) is 13.2. The van der Waals surface area contributed by atoms with Crippen LogP contribution in [-0.4, -0.2) is 14.8 Å². The first-order chi connectivity index (χ1) is 8.50. The van der Waals surface area contributed by atoms with Crippen LogP contribution in [0.4, 0.5) is 5.95 Å². The Morgan fingerprint density at radius 2 is 2.00 bits per heavy atom. The van der Waals surface area contributed by atoms with Crippen molar-refractivity contribution in [1.82, 2.24) is 14.8 Å². The standard InChI is InChI=1S/C13H18N4S/c1-13(2,17-11(14)15-16-12(17)18)9-8-10-6-4-3-5-7-10/h3-7H,8-9H2,1-2H3,(H2,14,15)(H,16,18). The number of aryl methyl sites for hydroxylation is 1. The number of hydrogen-bond donors (Lipinski definition) is 2. The zero-order valence-electron chi connectivity index (χ0n) is 10.7. The van der Waals surface area contributed by atoms with Gasteiger partial charge in [-0.05, 0) is 44.5 Å². The van der Waals surface area contributed by atoms with Crippen LogP contribution < -0.4 is 5.73 Å². The predicted molar refractivity (Wildman–Crippen MR) is 75.9 cm³/mol. The van der Waals surface area contributed by atoms with Crippen molar-refractivity contribution < 1.29 is 0 Å². The lowest BCUT2D eigenvalue weighted by molar-refractivity contribution is 0.328. The van der Waals surface area contributed by atoms with E-state index in [4.69, 9.17) is 18.0 Å². The lowest BCUT2D eigenvalue weighted by Crippen LogP contribution is -2.28. The van der Waals surface area contributed by atoms with Gasteiger partial charge in [0.25, 0.3) is 0 Å². The molecule has 0 fully saturated rings. The van der Waals surface area contributed by atoms with E-state index in [0.717, 1.165) is 12.8 Å². The lowest BCUT2D eigenvalue weighted by Gasteiger charge is -2.27. The maximum absolute atomic E-state index is 5.85. The molecule has 1 heterocycles. The van der Waals surface area contributed by atoms with Crippen molar-refractivity contribution in [1.29, 1.82) is 0 Å². The fourth-order valence-electron chi connectivity index (χ4n) is 2.10. The quantitative estimate of drug-likeness (QED) is 0.833. The van der Waals surface area contributed by atoms with Crippen molar-refractivity contribution in [2.24, 2.45) is 0 Å². The molecule has 0 bridgehead atoms. The number of aromatic amines is 1. The highest BCUT2D eigenvalue weighted by atomic mass is 32.1. The molecule has 0 atom stereocenters. The summed E-state index contributed by atoms with van der Waals surface area (Å²) in [6.45, 7) is 4.25. The molecule has 0 unspecified atom stereocenters. The first-order valence-electron chi connectivity index (χ1n) is 5.98. The van der Waals surface area contributed by atoms with Crippen LogP contribution in [0.1, 0.15) is 25.8 Å². The molecule has 0 saturated heterocycles. The van der Waals surface area contributed by atoms with E-state index in [9.17, 15) is 0 Å². The van der Waals surface area contributed by atoms with Gasteiger partial charge in [-0.2, -0.15) is 0 Å². The molecule has 0 amide bonds. The normalized spacial score (nSPS) is 11.7. The van der Waals surface area contributed by atoms with Gasteiger partial charge in [-0.3, -0.25) is 4.57 Å². The topological polar surface area (TPSA) is 59.6 Å². The fourth-order valence-corrected chi connectivity index (χ4v) is 2.49. The largest absolute Gasteiger partial charge is 0.368 e. The molecule has 1 aromatic carbocycles. The number of nitrogens with one attached hydrogen (secondary N) is 1. The number of hydrogen-bond acceptors (Lipinski definition) is 3. The number of nitrogens with zero attached hydrogens (tertiary/aromatic N) is 2. The number of nitrogen functional groups attached to an aromatic ring is 1. The van der Waals surface area contributed by atoms with Crippen molar-refractivity contribution in [2.75, 3.05) is 5.73 Å². The molecule has 2 aromatic rings. The predicted octanol–water partition coefficient (Wildman–Crippen LogP) is 2.89. The van der Waals surface area contributed by atoms with Crippen LogP contribution in [0.15, 0.2) is 30.3 Å². The van der Waals surface area contributed by atoms with E-state index in [1.54, 1.807) is 0 Å². The molecule has 1 aromatic heterocycles. The van der Waals surface area contributed by atoms with E-state index < -0.39 is 0 Å². The molecule has 18 heavy (non-hydrogen) atoms. The summed E-state index contributed by atoms with van der Waals surface area (Å²) in [6.07, 6.45) is 1.94. The van der Waals surface area contributed by atoms with E-state index in [2.05, 4.69) is 48.3 Å². The van der Waals surface area contributed by atoms with Gasteiger partial charge >= 0.3 is 0 Å². The van der Waals surface area contributed by atoms with Gasteiger partial charge in [0.2, 0.25) is 5.95 Å². The van der Waals surface area contributed by atoms with Gasteiger partial charge in [0.15, 0.2) is 4.77 Å². The van der Waals surface area contributed by atoms with E-state index in [1.807, 2.05) is 10.6 Å². The van der Waals surface area contributed by atoms with Crippen molar-refractivity contribution >= 4 is 18.2 Å². The average Bonchev–Trinajstić information content (AvgIpc) is 2.69. The first kappa shape index (κ1) is 12.8. The minimum Gasteiger partial charge on any atom is -0.368 e. The summed E-state index contributed by atoms with van der Waals surface area (Å²) in [6, 6.07) is 10.4. The second-order valence-corrected chi connectivity index (χ2v) is 5.41. The summed E-state index contributed by atoms with van der Waals surface area (Å²) in [7, 11) is 0. The molecular weight excluding hydrogens is 244 g/mol. The molecule has 0 aliphatic carbocycles. The van der Waals surface area contributed by atoms with E-state index >= 15 is 0 Å². The van der Waals surface area contributed by atoms with Crippen molar-refractivity contribution in [3.63, 3.8) is 0 Å². The van der Waals surface area contributed by atoms with Crippen LogP contribution in [0, 0.1) is 4.77 Å². The monoisotopic (exact) mass is 262 g/mol. The number of benzene rings is 1. The van der Waals surface area contributed by atoms with Gasteiger partial charge in [0.05, 0.1) is 0 Å². The minimum atomic E-state index is -0.149. The summed E-state index contributed by atoms with van der Waals surface area (Å²) < 4.78 is 2.45. The number of anilines is 1. The average molecular weight is 262 g/mol. The Morgan fingerprint density at radius 1 is 1.33 bits per heavy atom. The molecule has 3 N–H and O–H groups in total. The van der Waals surface area contributed by atoms with Crippen LogP contribution in [-0.2, 0) is 12.0 Å². The van der Waals surface area contributed by atoms with Crippen LogP contribution in [0.25, 0.3) is 0 Å². The molecular formula is C13H18N4S. The summed E-state index contributed by atoms with van der Waals surface area (Å²) in [5.41, 5.74) is 7.02. The summed E-state index contributed by atoms with van der Waals surface area (Å²) in [5, 5.41) is 6.69. The molecule has 96 valence electrons. The fraction of sp³-hybridized carbons (Fsp3) is 0.385. The Bertz CT molecular complexity index is 568. The summed E-state index contributed by atoms with van der Waals surface area (Å²) in [4.78, 5) is 0. The molecule has 0 spiro atoms. The Balaban J connectivity index is 2.15. The Kier molecular flexibility index (Phi) is 3.52. The highest BCUT2D eigenvalue weighted by molar-refractivity contribution is 7.71. The molecule has 2 rings (SSSR count). The van der Waals surface area contributed by atoms with Gasteiger partial charge in [-0.15, -0.1) is 5.10 Å². The molecule has 0 radical (unpaired) electrons. The number of rotatable bonds is 4. The lowest BCUT2D eigenvalue weighted by atomic mass is 9.95. The Hall–Kier alpha value is -1.62. The van der Waals surface area contributed by atoms with Crippen LogP contribution in [0.5, 0.6) is 0 Å². The summed E-state index contributed by atoms with van der Waals surface area (Å²) >= 11 is 5.22. The zero-order valence-corrected chi connectivity index (χ0v) is 11.5.